The largest absolute Gasteiger partial charge is 0.351 e. The Balaban J connectivity index is 1.52. The molecule has 8 nitrogen and oxygen atoms in total. The van der Waals surface area contributed by atoms with Gasteiger partial charge in [0.25, 0.3) is 0 Å². The quantitative estimate of drug-likeness (QED) is 0.476. The highest BCUT2D eigenvalue weighted by Gasteiger charge is 2.49. The number of amides is 4. The summed E-state index contributed by atoms with van der Waals surface area (Å²) >= 11 is 0. The molecule has 1 aliphatic carbocycles. The van der Waals surface area contributed by atoms with Crippen LogP contribution in [0.3, 0.4) is 0 Å². The molecule has 0 aromatic heterocycles. The van der Waals surface area contributed by atoms with Crippen molar-refractivity contribution in [2.75, 3.05) is 32.7 Å². The van der Waals surface area contributed by atoms with Gasteiger partial charge in [-0.3, -0.25) is 9.59 Å². The Morgan fingerprint density at radius 2 is 1.66 bits per heavy atom. The van der Waals surface area contributed by atoms with Crippen LogP contribution < -0.4 is 16.0 Å². The summed E-state index contributed by atoms with van der Waals surface area (Å²) < 4.78 is 13.6. The zero-order chi connectivity index (χ0) is 29.8. The van der Waals surface area contributed by atoms with Crippen molar-refractivity contribution in [1.82, 2.24) is 25.8 Å². The minimum Gasteiger partial charge on any atom is -0.351 e. The molecule has 3 fully saturated rings. The Kier molecular flexibility index (Phi) is 9.66. The summed E-state index contributed by atoms with van der Waals surface area (Å²) in [6.07, 6.45) is 7.11. The lowest BCUT2D eigenvalue weighted by Gasteiger charge is -2.48. The van der Waals surface area contributed by atoms with Crippen LogP contribution in [-0.2, 0) is 16.0 Å². The number of hydrogen-bond donors (Lipinski definition) is 3. The third-order valence-electron chi connectivity index (χ3n) is 9.29. The van der Waals surface area contributed by atoms with E-state index in [1.165, 1.54) is 18.6 Å². The first kappa shape index (κ1) is 31.3. The molecule has 2 heterocycles. The molecule has 41 heavy (non-hydrogen) atoms. The molecule has 1 saturated carbocycles. The minimum absolute atomic E-state index is 0.112. The molecular formula is C32H50FN5O3. The maximum Gasteiger partial charge on any atom is 0.318 e. The number of nitrogens with zero attached hydrogens (tertiary/aromatic N) is 2. The fourth-order valence-electron chi connectivity index (χ4n) is 6.93. The number of carbonyl (C=O) groups is 3. The van der Waals surface area contributed by atoms with Gasteiger partial charge in [0.2, 0.25) is 11.8 Å². The first-order valence-corrected chi connectivity index (χ1v) is 15.5. The van der Waals surface area contributed by atoms with Crippen molar-refractivity contribution in [1.29, 1.82) is 0 Å². The number of hydrogen-bond acceptors (Lipinski definition) is 4. The fraction of sp³-hybridized carbons (Fsp3) is 0.719. The van der Waals surface area contributed by atoms with E-state index in [1.54, 1.807) is 17.0 Å². The van der Waals surface area contributed by atoms with Gasteiger partial charge in [0.05, 0.1) is 11.0 Å². The molecule has 3 N–H and O–H groups in total. The topological polar surface area (TPSA) is 93.8 Å². The third kappa shape index (κ3) is 7.59. The Morgan fingerprint density at radius 3 is 2.24 bits per heavy atom. The zero-order valence-corrected chi connectivity index (χ0v) is 25.7. The van der Waals surface area contributed by atoms with Crippen LogP contribution in [0.4, 0.5) is 9.18 Å². The summed E-state index contributed by atoms with van der Waals surface area (Å²) in [6, 6.07) is 5.03. The van der Waals surface area contributed by atoms with Crippen molar-refractivity contribution < 1.29 is 18.8 Å². The number of nitrogens with one attached hydrogen (secondary N) is 3. The molecule has 0 unspecified atom stereocenters. The van der Waals surface area contributed by atoms with Gasteiger partial charge in [-0.05, 0) is 83.9 Å². The second kappa shape index (κ2) is 12.7. The average molecular weight is 572 g/mol. The number of rotatable bonds is 6. The molecule has 9 heteroatoms. The van der Waals surface area contributed by atoms with E-state index in [-0.39, 0.29) is 35.6 Å². The summed E-state index contributed by atoms with van der Waals surface area (Å²) in [5, 5.41) is 9.62. The van der Waals surface area contributed by atoms with Crippen LogP contribution >= 0.6 is 0 Å². The number of urea groups is 1. The van der Waals surface area contributed by atoms with Gasteiger partial charge in [0, 0.05) is 44.7 Å². The van der Waals surface area contributed by atoms with E-state index < -0.39 is 17.0 Å². The first-order valence-electron chi connectivity index (χ1n) is 15.5. The Morgan fingerprint density at radius 1 is 1.02 bits per heavy atom. The van der Waals surface area contributed by atoms with Crippen LogP contribution in [0, 0.1) is 17.2 Å². The van der Waals surface area contributed by atoms with Gasteiger partial charge in [-0.1, -0.05) is 31.4 Å². The summed E-state index contributed by atoms with van der Waals surface area (Å²) in [7, 11) is 0. The molecule has 2 saturated heterocycles. The maximum absolute atomic E-state index is 14.0. The van der Waals surface area contributed by atoms with Gasteiger partial charge in [-0.25, -0.2) is 9.18 Å². The number of likely N-dealkylation sites (tertiary alicyclic amines) is 1. The third-order valence-corrected chi connectivity index (χ3v) is 9.29. The number of piperidine rings is 1. The van der Waals surface area contributed by atoms with E-state index in [0.29, 0.717) is 51.5 Å². The molecule has 1 aromatic carbocycles. The fourth-order valence-corrected chi connectivity index (χ4v) is 6.93. The van der Waals surface area contributed by atoms with Gasteiger partial charge in [0.15, 0.2) is 0 Å². The van der Waals surface area contributed by atoms with Crippen LogP contribution in [0.1, 0.15) is 85.1 Å². The van der Waals surface area contributed by atoms with Crippen molar-refractivity contribution in [3.8, 4) is 0 Å². The second-order valence-electron chi connectivity index (χ2n) is 14.0. The highest BCUT2D eigenvalue weighted by atomic mass is 19.1. The normalized spacial score (nSPS) is 22.1. The SMILES string of the molecule is CC(C)(C)NC(=O)C1(C2CCCCC2)CCN(C(=O)[C@@H](Cc2ccc(F)cc2)NC(=O)N2CCNCC2(C)C)CC1. The van der Waals surface area contributed by atoms with Crippen molar-refractivity contribution in [2.45, 2.75) is 103 Å². The van der Waals surface area contributed by atoms with Gasteiger partial charge < -0.3 is 25.8 Å². The van der Waals surface area contributed by atoms with Gasteiger partial charge >= 0.3 is 6.03 Å². The van der Waals surface area contributed by atoms with Crippen LogP contribution in [-0.4, -0.2) is 77.5 Å². The van der Waals surface area contributed by atoms with E-state index in [0.717, 1.165) is 31.2 Å². The van der Waals surface area contributed by atoms with Crippen LogP contribution in [0.2, 0.25) is 0 Å². The van der Waals surface area contributed by atoms with E-state index in [9.17, 15) is 18.8 Å². The lowest BCUT2D eigenvalue weighted by molar-refractivity contribution is -0.147. The van der Waals surface area contributed by atoms with Crippen LogP contribution in [0.15, 0.2) is 24.3 Å². The van der Waals surface area contributed by atoms with Gasteiger partial charge in [-0.2, -0.15) is 0 Å². The molecule has 0 bridgehead atoms. The molecule has 0 spiro atoms. The smallest absolute Gasteiger partial charge is 0.318 e. The van der Waals surface area contributed by atoms with E-state index >= 15 is 0 Å². The van der Waals surface area contributed by atoms with Crippen molar-refractivity contribution >= 4 is 17.8 Å². The van der Waals surface area contributed by atoms with Crippen LogP contribution in [0.25, 0.3) is 0 Å². The zero-order valence-electron chi connectivity index (χ0n) is 25.7. The Labute approximate surface area is 245 Å². The average Bonchev–Trinajstić information content (AvgIpc) is 2.92. The highest BCUT2D eigenvalue weighted by molar-refractivity contribution is 5.88. The molecule has 0 radical (unpaired) electrons. The highest BCUT2D eigenvalue weighted by Crippen LogP contribution is 2.46. The van der Waals surface area contributed by atoms with E-state index in [1.807, 2.05) is 39.5 Å². The molecular weight excluding hydrogens is 521 g/mol. The molecule has 4 amide bonds. The molecule has 1 atom stereocenters. The van der Waals surface area contributed by atoms with Crippen molar-refractivity contribution in [3.63, 3.8) is 0 Å². The summed E-state index contributed by atoms with van der Waals surface area (Å²) in [6.45, 7) is 12.9. The van der Waals surface area contributed by atoms with E-state index in [2.05, 4.69) is 16.0 Å². The number of carbonyl (C=O) groups excluding carboxylic acids is 3. The first-order chi connectivity index (χ1) is 19.3. The van der Waals surface area contributed by atoms with Crippen molar-refractivity contribution in [2.24, 2.45) is 11.3 Å². The summed E-state index contributed by atoms with van der Waals surface area (Å²) in [5.41, 5.74) is -0.418. The van der Waals surface area contributed by atoms with Gasteiger partial charge in [0.1, 0.15) is 11.9 Å². The number of halogens is 1. The summed E-state index contributed by atoms with van der Waals surface area (Å²) in [4.78, 5) is 44.9. The molecule has 2 aliphatic heterocycles. The van der Waals surface area contributed by atoms with Crippen LogP contribution in [0.5, 0.6) is 0 Å². The monoisotopic (exact) mass is 571 g/mol. The standard InChI is InChI=1S/C32H50FN5O3/c1-30(2,3)36-28(40)32(24-9-7-6-8-10-24)15-18-37(19-16-32)27(39)26(21-23-11-13-25(33)14-12-23)35-29(41)38-20-17-34-22-31(38,4)5/h11-14,24,26,34H,6-10,15-22H2,1-5H3,(H,35,41)(H,36,40)/t26-/m1/s1. The lowest BCUT2D eigenvalue weighted by Crippen LogP contribution is -2.64. The Hall–Kier alpha value is -2.68. The Bertz CT molecular complexity index is 1070. The maximum atomic E-state index is 14.0. The number of benzene rings is 1. The second-order valence-corrected chi connectivity index (χ2v) is 14.0. The summed E-state index contributed by atoms with van der Waals surface area (Å²) in [5.74, 6) is -0.0578. The molecule has 1 aromatic rings. The minimum atomic E-state index is -0.788. The molecule has 228 valence electrons. The lowest BCUT2D eigenvalue weighted by atomic mass is 9.63. The predicted octanol–water partition coefficient (Wildman–Crippen LogP) is 4.23. The molecule has 3 aliphatic rings. The molecule has 4 rings (SSSR count). The van der Waals surface area contributed by atoms with Gasteiger partial charge in [-0.15, -0.1) is 0 Å². The predicted molar refractivity (Wildman–Crippen MR) is 159 cm³/mol. The van der Waals surface area contributed by atoms with Crippen molar-refractivity contribution in [3.05, 3.63) is 35.6 Å². The number of piperazine rings is 1. The van der Waals surface area contributed by atoms with E-state index in [4.69, 9.17) is 0 Å².